The Kier molecular flexibility index (Phi) is 2.72. The van der Waals surface area contributed by atoms with Crippen molar-refractivity contribution in [3.05, 3.63) is 52.3 Å². The highest BCUT2D eigenvalue weighted by molar-refractivity contribution is 5.99. The lowest BCUT2D eigenvalue weighted by molar-refractivity contribution is -0.384. The van der Waals surface area contributed by atoms with E-state index < -0.39 is 4.92 Å². The molecule has 0 bridgehead atoms. The van der Waals surface area contributed by atoms with Gasteiger partial charge in [0.25, 0.3) is 5.69 Å². The Morgan fingerprint density at radius 3 is 2.65 bits per heavy atom. The zero-order valence-corrected chi connectivity index (χ0v) is 10.1. The van der Waals surface area contributed by atoms with Crippen LogP contribution in [0, 0.1) is 10.1 Å². The van der Waals surface area contributed by atoms with Crippen LogP contribution in [0.1, 0.15) is 10.4 Å². The Morgan fingerprint density at radius 2 is 2.00 bits per heavy atom. The van der Waals surface area contributed by atoms with Crippen molar-refractivity contribution in [2.75, 3.05) is 0 Å². The SMILES string of the molecule is O=Cc1cc2c(-c3ccncc3)n[nH]c2cc1[N+](=O)[O-]. The van der Waals surface area contributed by atoms with Gasteiger partial charge in [-0.3, -0.25) is 25.0 Å². The lowest BCUT2D eigenvalue weighted by atomic mass is 10.1. The van der Waals surface area contributed by atoms with Crippen LogP contribution in [0.2, 0.25) is 0 Å². The highest BCUT2D eigenvalue weighted by atomic mass is 16.6. The van der Waals surface area contributed by atoms with E-state index in [1.807, 2.05) is 0 Å². The first-order chi connectivity index (χ1) is 9.70. The fourth-order valence-corrected chi connectivity index (χ4v) is 2.05. The summed E-state index contributed by atoms with van der Waals surface area (Å²) in [5, 5.41) is 18.5. The van der Waals surface area contributed by atoms with E-state index in [-0.39, 0.29) is 11.3 Å². The maximum absolute atomic E-state index is 11.0. The van der Waals surface area contributed by atoms with Gasteiger partial charge in [-0.1, -0.05) is 0 Å². The molecule has 0 saturated carbocycles. The van der Waals surface area contributed by atoms with Gasteiger partial charge in [0.05, 0.1) is 16.0 Å². The summed E-state index contributed by atoms with van der Waals surface area (Å²) in [6.45, 7) is 0. The van der Waals surface area contributed by atoms with Crippen LogP contribution in [-0.2, 0) is 0 Å². The van der Waals surface area contributed by atoms with Crippen LogP contribution in [0.5, 0.6) is 0 Å². The molecule has 0 saturated heterocycles. The molecular weight excluding hydrogens is 260 g/mol. The molecule has 0 aliphatic heterocycles. The van der Waals surface area contributed by atoms with E-state index in [1.54, 1.807) is 24.5 Å². The van der Waals surface area contributed by atoms with Crippen LogP contribution < -0.4 is 0 Å². The number of hydrogen-bond acceptors (Lipinski definition) is 5. The molecule has 7 heteroatoms. The van der Waals surface area contributed by atoms with Crippen molar-refractivity contribution in [2.24, 2.45) is 0 Å². The van der Waals surface area contributed by atoms with Crippen molar-refractivity contribution < 1.29 is 9.72 Å². The summed E-state index contributed by atoms with van der Waals surface area (Å²) in [5.41, 5.74) is 1.74. The Hall–Kier alpha value is -3.09. The number of nitrogens with one attached hydrogen (secondary N) is 1. The molecule has 20 heavy (non-hydrogen) atoms. The molecule has 0 atom stereocenters. The van der Waals surface area contributed by atoms with Gasteiger partial charge in [-0.25, -0.2) is 0 Å². The molecule has 1 N–H and O–H groups in total. The number of pyridine rings is 1. The summed E-state index contributed by atoms with van der Waals surface area (Å²) in [5.74, 6) is 0. The number of rotatable bonds is 3. The van der Waals surface area contributed by atoms with Gasteiger partial charge in [0, 0.05) is 29.4 Å². The fourth-order valence-electron chi connectivity index (χ4n) is 2.05. The Morgan fingerprint density at radius 1 is 1.25 bits per heavy atom. The van der Waals surface area contributed by atoms with Crippen molar-refractivity contribution >= 4 is 22.9 Å². The Bertz CT molecular complexity index is 811. The number of nitrogens with zero attached hydrogens (tertiary/aromatic N) is 3. The van der Waals surface area contributed by atoms with Gasteiger partial charge in [0.15, 0.2) is 6.29 Å². The van der Waals surface area contributed by atoms with E-state index in [0.29, 0.717) is 22.9 Å². The first-order valence-corrected chi connectivity index (χ1v) is 5.73. The molecule has 2 aromatic heterocycles. The number of hydrogen-bond donors (Lipinski definition) is 1. The van der Waals surface area contributed by atoms with Gasteiger partial charge < -0.3 is 0 Å². The smallest absolute Gasteiger partial charge is 0.282 e. The highest BCUT2D eigenvalue weighted by Crippen LogP contribution is 2.30. The molecule has 0 aliphatic rings. The van der Waals surface area contributed by atoms with Gasteiger partial charge >= 0.3 is 0 Å². The molecule has 3 aromatic rings. The molecule has 1 aromatic carbocycles. The number of carbonyl (C=O) groups excluding carboxylic acids is 1. The molecule has 3 rings (SSSR count). The third-order valence-corrected chi connectivity index (χ3v) is 2.99. The fraction of sp³-hybridized carbons (Fsp3) is 0. The first kappa shape index (κ1) is 12.0. The Balaban J connectivity index is 2.28. The summed E-state index contributed by atoms with van der Waals surface area (Å²) in [6, 6.07) is 6.34. The Labute approximate surface area is 112 Å². The average molecular weight is 268 g/mol. The highest BCUT2D eigenvalue weighted by Gasteiger charge is 2.18. The van der Waals surface area contributed by atoms with Gasteiger partial charge in [-0.05, 0) is 18.2 Å². The van der Waals surface area contributed by atoms with Gasteiger partial charge in [0.2, 0.25) is 0 Å². The summed E-state index contributed by atoms with van der Waals surface area (Å²) in [4.78, 5) is 25.2. The van der Waals surface area contributed by atoms with Crippen molar-refractivity contribution in [2.45, 2.75) is 0 Å². The van der Waals surface area contributed by atoms with Crippen LogP contribution in [-0.4, -0.2) is 26.4 Å². The van der Waals surface area contributed by atoms with Crippen molar-refractivity contribution in [3.8, 4) is 11.3 Å². The summed E-state index contributed by atoms with van der Waals surface area (Å²) >= 11 is 0. The number of H-pyrrole nitrogens is 1. The molecule has 0 spiro atoms. The van der Waals surface area contributed by atoms with Crippen molar-refractivity contribution in [3.63, 3.8) is 0 Å². The van der Waals surface area contributed by atoms with Crippen LogP contribution in [0.4, 0.5) is 5.69 Å². The molecule has 2 heterocycles. The maximum Gasteiger partial charge on any atom is 0.282 e. The third-order valence-electron chi connectivity index (χ3n) is 2.99. The molecule has 0 unspecified atom stereocenters. The van der Waals surface area contributed by atoms with E-state index >= 15 is 0 Å². The lowest BCUT2D eigenvalue weighted by Gasteiger charge is -1.99. The van der Waals surface area contributed by atoms with Gasteiger partial charge in [-0.2, -0.15) is 5.10 Å². The predicted molar refractivity (Wildman–Crippen MR) is 71.4 cm³/mol. The van der Waals surface area contributed by atoms with Crippen LogP contribution >= 0.6 is 0 Å². The lowest BCUT2D eigenvalue weighted by Crippen LogP contribution is -1.94. The third kappa shape index (κ3) is 1.81. The number of carbonyl (C=O) groups is 1. The van der Waals surface area contributed by atoms with Gasteiger partial charge in [-0.15, -0.1) is 0 Å². The van der Waals surface area contributed by atoms with Gasteiger partial charge in [0.1, 0.15) is 5.69 Å². The number of aromatic nitrogens is 3. The maximum atomic E-state index is 11.0. The quantitative estimate of drug-likeness (QED) is 0.446. The molecule has 0 radical (unpaired) electrons. The van der Waals surface area contributed by atoms with Crippen LogP contribution in [0.15, 0.2) is 36.7 Å². The number of aldehydes is 1. The number of nitro benzene ring substituents is 1. The molecule has 0 amide bonds. The normalized spacial score (nSPS) is 10.6. The number of fused-ring (bicyclic) bond motifs is 1. The minimum atomic E-state index is -0.587. The zero-order valence-electron chi connectivity index (χ0n) is 10.1. The standard InChI is InChI=1S/C13H8N4O3/c18-7-9-5-10-11(6-12(9)17(19)20)15-16-13(10)8-1-3-14-4-2-8/h1-7H,(H,15,16). The second kappa shape index (κ2) is 4.54. The van der Waals surface area contributed by atoms with Crippen LogP contribution in [0.25, 0.3) is 22.2 Å². The minimum absolute atomic E-state index is 0.0270. The van der Waals surface area contributed by atoms with E-state index in [4.69, 9.17) is 0 Å². The molecular formula is C13H8N4O3. The second-order valence-corrected chi connectivity index (χ2v) is 4.14. The van der Waals surface area contributed by atoms with E-state index in [0.717, 1.165) is 5.56 Å². The summed E-state index contributed by atoms with van der Waals surface area (Å²) < 4.78 is 0. The van der Waals surface area contributed by atoms with E-state index in [9.17, 15) is 14.9 Å². The number of aromatic amines is 1. The zero-order chi connectivity index (χ0) is 14.1. The average Bonchev–Trinajstić information content (AvgIpc) is 2.89. The molecule has 0 aliphatic carbocycles. The number of nitro groups is 1. The van der Waals surface area contributed by atoms with Crippen molar-refractivity contribution in [1.29, 1.82) is 0 Å². The molecule has 98 valence electrons. The predicted octanol–water partition coefficient (Wildman–Crippen LogP) is 2.35. The van der Waals surface area contributed by atoms with Crippen LogP contribution in [0.3, 0.4) is 0 Å². The van der Waals surface area contributed by atoms with E-state index in [1.165, 1.54) is 12.1 Å². The van der Waals surface area contributed by atoms with Crippen molar-refractivity contribution in [1.82, 2.24) is 15.2 Å². The minimum Gasteiger partial charge on any atom is -0.298 e. The summed E-state index contributed by atoms with van der Waals surface area (Å²) in [6.07, 6.45) is 3.73. The largest absolute Gasteiger partial charge is 0.298 e. The topological polar surface area (TPSA) is 102 Å². The first-order valence-electron chi connectivity index (χ1n) is 5.73. The molecule has 7 nitrogen and oxygen atoms in total. The second-order valence-electron chi connectivity index (χ2n) is 4.14. The van der Waals surface area contributed by atoms with E-state index in [2.05, 4.69) is 15.2 Å². The monoisotopic (exact) mass is 268 g/mol. The number of benzene rings is 1. The summed E-state index contributed by atoms with van der Waals surface area (Å²) in [7, 11) is 0. The molecule has 0 fully saturated rings.